The minimum Gasteiger partial charge on any atom is -0.490 e. The summed E-state index contributed by atoms with van der Waals surface area (Å²) in [5.74, 6) is 1.61. The van der Waals surface area contributed by atoms with Gasteiger partial charge in [0.1, 0.15) is 23.7 Å². The molecule has 45 heavy (non-hydrogen) atoms. The van der Waals surface area contributed by atoms with Gasteiger partial charge in [-0.3, -0.25) is 9.05 Å². The number of unbranched alkanes of at least 4 members (excludes halogenated alkanes) is 12. The minimum atomic E-state index is -4.29. The van der Waals surface area contributed by atoms with Crippen LogP contribution in [0.15, 0.2) is 60.7 Å². The number of ether oxygens (including phenoxy) is 2. The number of para-hydroxylation sites is 2. The molecule has 0 aliphatic heterocycles. The highest BCUT2D eigenvalue weighted by molar-refractivity contribution is 7.47. The zero-order chi connectivity index (χ0) is 32.6. The van der Waals surface area contributed by atoms with Crippen LogP contribution in [-0.2, 0) is 13.6 Å². The van der Waals surface area contributed by atoms with Gasteiger partial charge < -0.3 is 14.4 Å². The van der Waals surface area contributed by atoms with E-state index in [1.165, 1.54) is 64.2 Å². The number of hydrogen-bond acceptors (Lipinski definition) is 5. The average molecular weight is 647 g/mol. The molecule has 0 amide bonds. The summed E-state index contributed by atoms with van der Waals surface area (Å²) >= 11 is 0. The standard InChI is InChI=1S/C38H63O6P/c1-5-7-9-11-13-15-19-29-37(41-35-25-21-17-22-26-35)31-33(3)43-45(39,40)44-34(4)32-38(42-36-27-23-18-24-28-36)30-20-16-14-12-10-8-6-2/h17-18,21-28,33-34,37-38H,5-16,19-20,29-32H2,1-4H3,(H,39,40). The molecule has 0 saturated carbocycles. The van der Waals surface area contributed by atoms with Gasteiger partial charge in [-0.05, 0) is 63.8 Å². The third kappa shape index (κ3) is 20.1. The third-order valence-electron chi connectivity index (χ3n) is 8.17. The van der Waals surface area contributed by atoms with Gasteiger partial charge in [-0.25, -0.2) is 4.57 Å². The van der Waals surface area contributed by atoms with Crippen LogP contribution in [0.3, 0.4) is 0 Å². The number of hydrogen-bond donors (Lipinski definition) is 1. The summed E-state index contributed by atoms with van der Waals surface area (Å²) < 4.78 is 37.0. The van der Waals surface area contributed by atoms with Crippen LogP contribution in [-0.4, -0.2) is 29.3 Å². The molecule has 0 fully saturated rings. The summed E-state index contributed by atoms with van der Waals surface area (Å²) in [5.41, 5.74) is 0. The molecule has 0 saturated heterocycles. The Morgan fingerprint density at radius 3 is 1.24 bits per heavy atom. The van der Waals surface area contributed by atoms with Crippen molar-refractivity contribution in [3.8, 4) is 11.5 Å². The van der Waals surface area contributed by atoms with Crippen molar-refractivity contribution >= 4 is 7.82 Å². The van der Waals surface area contributed by atoms with Crippen molar-refractivity contribution in [3.05, 3.63) is 60.7 Å². The molecular formula is C38H63O6P. The predicted octanol–water partition coefficient (Wildman–Crippen LogP) is 11.9. The maximum atomic E-state index is 13.1. The molecule has 0 aliphatic carbocycles. The first-order valence-electron chi connectivity index (χ1n) is 17.9. The first kappa shape index (κ1) is 39.3. The second-order valence-electron chi connectivity index (χ2n) is 12.7. The van der Waals surface area contributed by atoms with Gasteiger partial charge in [0.25, 0.3) is 0 Å². The van der Waals surface area contributed by atoms with E-state index < -0.39 is 20.0 Å². The SMILES string of the molecule is CCCCCCCCCC(CC(C)OP(=O)(O)OC(C)CC(CCCCCCCCC)Oc1ccccc1)Oc1ccccc1. The highest BCUT2D eigenvalue weighted by atomic mass is 31.2. The van der Waals surface area contributed by atoms with Crippen LogP contribution < -0.4 is 9.47 Å². The van der Waals surface area contributed by atoms with Gasteiger partial charge in [0.2, 0.25) is 0 Å². The van der Waals surface area contributed by atoms with E-state index in [4.69, 9.17) is 18.5 Å². The predicted molar refractivity (Wildman–Crippen MR) is 187 cm³/mol. The fraction of sp³-hybridized carbons (Fsp3) is 0.684. The number of phosphoric acid groups is 1. The van der Waals surface area contributed by atoms with Crippen LogP contribution in [0.1, 0.15) is 143 Å². The molecule has 256 valence electrons. The molecule has 0 bridgehead atoms. The molecule has 0 radical (unpaired) electrons. The summed E-state index contributed by atoms with van der Waals surface area (Å²) in [5, 5.41) is 0. The van der Waals surface area contributed by atoms with Crippen LogP contribution in [0.5, 0.6) is 11.5 Å². The van der Waals surface area contributed by atoms with Gasteiger partial charge in [-0.15, -0.1) is 0 Å². The van der Waals surface area contributed by atoms with Crippen molar-refractivity contribution in [2.75, 3.05) is 0 Å². The van der Waals surface area contributed by atoms with E-state index >= 15 is 0 Å². The molecule has 7 heteroatoms. The molecule has 1 N–H and O–H groups in total. The quantitative estimate of drug-likeness (QED) is 0.0732. The Labute approximate surface area is 275 Å². The lowest BCUT2D eigenvalue weighted by atomic mass is 10.0. The first-order chi connectivity index (χ1) is 21.8. The van der Waals surface area contributed by atoms with Crippen molar-refractivity contribution in [2.45, 2.75) is 168 Å². The highest BCUT2D eigenvalue weighted by Crippen LogP contribution is 2.47. The monoisotopic (exact) mass is 646 g/mol. The number of benzene rings is 2. The van der Waals surface area contributed by atoms with Gasteiger partial charge >= 0.3 is 7.82 Å². The Bertz CT molecular complexity index is 926. The Hall–Kier alpha value is -1.85. The van der Waals surface area contributed by atoms with Crippen molar-refractivity contribution in [1.29, 1.82) is 0 Å². The fourth-order valence-corrected chi connectivity index (χ4v) is 6.93. The lowest BCUT2D eigenvalue weighted by molar-refractivity contribution is 0.0449. The van der Waals surface area contributed by atoms with Crippen molar-refractivity contribution in [1.82, 2.24) is 0 Å². The number of rotatable bonds is 28. The summed E-state index contributed by atoms with van der Waals surface area (Å²) in [6, 6.07) is 19.6. The van der Waals surface area contributed by atoms with Gasteiger partial charge in [0.05, 0.1) is 12.2 Å². The molecule has 0 heterocycles. The smallest absolute Gasteiger partial charge is 0.472 e. The average Bonchev–Trinajstić information content (AvgIpc) is 3.00. The normalized spacial score (nSPS) is 15.6. The van der Waals surface area contributed by atoms with E-state index in [9.17, 15) is 9.46 Å². The van der Waals surface area contributed by atoms with E-state index in [0.29, 0.717) is 12.8 Å². The van der Waals surface area contributed by atoms with Crippen molar-refractivity contribution < 1.29 is 28.0 Å². The van der Waals surface area contributed by atoms with Crippen LogP contribution in [0.25, 0.3) is 0 Å². The lowest BCUT2D eigenvalue weighted by Crippen LogP contribution is -2.25. The van der Waals surface area contributed by atoms with Crippen LogP contribution in [0.4, 0.5) is 0 Å². The molecule has 0 spiro atoms. The summed E-state index contributed by atoms with van der Waals surface area (Å²) in [7, 11) is -4.29. The summed E-state index contributed by atoms with van der Waals surface area (Å²) in [6.45, 7) is 8.12. The van der Waals surface area contributed by atoms with Gasteiger partial charge in [-0.2, -0.15) is 0 Å². The van der Waals surface area contributed by atoms with E-state index in [0.717, 1.165) is 50.0 Å². The summed E-state index contributed by atoms with van der Waals surface area (Å²) in [6.07, 6.45) is 18.7. The molecule has 4 atom stereocenters. The van der Waals surface area contributed by atoms with Crippen LogP contribution in [0.2, 0.25) is 0 Å². The van der Waals surface area contributed by atoms with Gasteiger partial charge in [0, 0.05) is 12.8 Å². The Kier molecular flexibility index (Phi) is 21.3. The second-order valence-corrected chi connectivity index (χ2v) is 14.1. The summed E-state index contributed by atoms with van der Waals surface area (Å²) in [4.78, 5) is 10.7. The molecule has 0 aromatic heterocycles. The zero-order valence-electron chi connectivity index (χ0n) is 28.7. The second kappa shape index (κ2) is 24.3. The number of phosphoric ester groups is 1. The lowest BCUT2D eigenvalue weighted by Gasteiger charge is -2.26. The van der Waals surface area contributed by atoms with Gasteiger partial charge in [0.15, 0.2) is 0 Å². The topological polar surface area (TPSA) is 74.2 Å². The molecule has 6 nitrogen and oxygen atoms in total. The Balaban J connectivity index is 1.87. The van der Waals surface area contributed by atoms with E-state index in [1.807, 2.05) is 74.5 Å². The Morgan fingerprint density at radius 2 is 0.889 bits per heavy atom. The van der Waals surface area contributed by atoms with E-state index in [2.05, 4.69) is 13.8 Å². The molecule has 4 unspecified atom stereocenters. The molecule has 2 aromatic rings. The largest absolute Gasteiger partial charge is 0.490 e. The van der Waals surface area contributed by atoms with Crippen LogP contribution >= 0.6 is 7.82 Å². The van der Waals surface area contributed by atoms with Crippen molar-refractivity contribution in [2.24, 2.45) is 0 Å². The van der Waals surface area contributed by atoms with Crippen LogP contribution in [0, 0.1) is 0 Å². The third-order valence-corrected chi connectivity index (χ3v) is 9.42. The molecule has 2 aromatic carbocycles. The minimum absolute atomic E-state index is 0.110. The fourth-order valence-electron chi connectivity index (χ4n) is 5.80. The molecular weight excluding hydrogens is 583 g/mol. The maximum absolute atomic E-state index is 13.1. The first-order valence-corrected chi connectivity index (χ1v) is 19.4. The Morgan fingerprint density at radius 1 is 0.556 bits per heavy atom. The zero-order valence-corrected chi connectivity index (χ0v) is 29.6. The maximum Gasteiger partial charge on any atom is 0.472 e. The van der Waals surface area contributed by atoms with Gasteiger partial charge in [-0.1, -0.05) is 127 Å². The highest BCUT2D eigenvalue weighted by Gasteiger charge is 2.30. The van der Waals surface area contributed by atoms with E-state index in [1.54, 1.807) is 0 Å². The molecule has 0 aliphatic rings. The van der Waals surface area contributed by atoms with Crippen molar-refractivity contribution in [3.63, 3.8) is 0 Å². The molecule has 2 rings (SSSR count). The van der Waals surface area contributed by atoms with E-state index in [-0.39, 0.29) is 12.2 Å².